The fourth-order valence-corrected chi connectivity index (χ4v) is 4.46. The average molecular weight is 466 g/mol. The van der Waals surface area contributed by atoms with Gasteiger partial charge >= 0.3 is 0 Å². The molecule has 0 atom stereocenters. The van der Waals surface area contributed by atoms with E-state index in [9.17, 15) is 9.59 Å². The number of carbonyl (C=O) groups is 2. The van der Waals surface area contributed by atoms with Gasteiger partial charge in [0.25, 0.3) is 0 Å². The van der Waals surface area contributed by atoms with Crippen LogP contribution in [0.4, 0.5) is 0 Å². The summed E-state index contributed by atoms with van der Waals surface area (Å²) in [4.78, 5) is 26.2. The normalized spacial score (nSPS) is 14.6. The lowest BCUT2D eigenvalue weighted by molar-refractivity contribution is -0.124. The number of aromatic nitrogens is 1. The molecule has 1 fully saturated rings. The van der Waals surface area contributed by atoms with E-state index in [4.69, 9.17) is 16.3 Å². The lowest BCUT2D eigenvalue weighted by Crippen LogP contribution is -2.35. The van der Waals surface area contributed by atoms with Crippen molar-refractivity contribution in [2.75, 3.05) is 13.2 Å². The van der Waals surface area contributed by atoms with E-state index in [2.05, 4.69) is 36.6 Å². The summed E-state index contributed by atoms with van der Waals surface area (Å²) < 4.78 is 7.57. The third-order valence-electron chi connectivity index (χ3n) is 6.93. The molecule has 5 heteroatoms. The average Bonchev–Trinajstić information content (AvgIpc) is 3.00. The molecule has 0 spiro atoms. The number of halogens is 1. The first kappa shape index (κ1) is 23.7. The molecule has 2 aromatic carbocycles. The topological polar surface area (TPSA) is 48.3 Å². The number of ether oxygens (including phenoxy) is 1. The number of hydrogen-bond acceptors (Lipinski definition) is 3. The number of ketones is 2. The maximum absolute atomic E-state index is 13.7. The van der Waals surface area contributed by atoms with Gasteiger partial charge in [0, 0.05) is 45.6 Å². The molecule has 4 rings (SSSR count). The van der Waals surface area contributed by atoms with Crippen molar-refractivity contribution in [1.29, 1.82) is 0 Å². The Morgan fingerprint density at radius 2 is 1.79 bits per heavy atom. The first-order valence-electron chi connectivity index (χ1n) is 11.6. The minimum atomic E-state index is -0.585. The molecule has 0 N–H and O–H groups in total. The second-order valence-corrected chi connectivity index (χ2v) is 10.6. The zero-order chi connectivity index (χ0) is 23.9. The monoisotopic (exact) mass is 465 g/mol. The summed E-state index contributed by atoms with van der Waals surface area (Å²) in [7, 11) is 0. The van der Waals surface area contributed by atoms with Crippen molar-refractivity contribution in [2.45, 2.75) is 53.5 Å². The molecule has 1 aliphatic heterocycles. The predicted octanol–water partition coefficient (Wildman–Crippen LogP) is 6.45. The molecule has 0 amide bonds. The van der Waals surface area contributed by atoms with Crippen LogP contribution in [0.5, 0.6) is 0 Å². The molecule has 174 valence electrons. The molecule has 2 heterocycles. The third kappa shape index (κ3) is 4.64. The number of benzene rings is 2. The fraction of sp³-hybridized carbons (Fsp3) is 0.429. The smallest absolute Gasteiger partial charge is 0.173 e. The Kier molecular flexibility index (Phi) is 6.52. The molecule has 1 aromatic heterocycles. The number of Topliss-reactive ketones (excluding diaryl/α,β-unsaturated/α-hetero) is 2. The van der Waals surface area contributed by atoms with Crippen LogP contribution in [0.25, 0.3) is 10.9 Å². The Hall–Kier alpha value is -2.43. The van der Waals surface area contributed by atoms with Gasteiger partial charge in [-0.25, -0.2) is 0 Å². The molecule has 33 heavy (non-hydrogen) atoms. The Morgan fingerprint density at radius 1 is 1.12 bits per heavy atom. The van der Waals surface area contributed by atoms with Gasteiger partial charge < -0.3 is 9.30 Å². The third-order valence-corrected chi connectivity index (χ3v) is 7.19. The molecule has 0 unspecified atom stereocenters. The summed E-state index contributed by atoms with van der Waals surface area (Å²) in [6.45, 7) is 11.4. The van der Waals surface area contributed by atoms with Gasteiger partial charge in [0.1, 0.15) is 5.78 Å². The maximum atomic E-state index is 13.7. The van der Waals surface area contributed by atoms with Crippen molar-refractivity contribution < 1.29 is 14.3 Å². The highest BCUT2D eigenvalue weighted by Crippen LogP contribution is 2.36. The van der Waals surface area contributed by atoms with E-state index in [-0.39, 0.29) is 17.5 Å². The molecule has 4 nitrogen and oxygen atoms in total. The number of nitrogens with zero attached hydrogens (tertiary/aromatic N) is 1. The molecule has 1 saturated heterocycles. The second-order valence-electron chi connectivity index (χ2n) is 10.2. The van der Waals surface area contributed by atoms with Crippen molar-refractivity contribution in [3.05, 3.63) is 69.9 Å². The number of hydrogen-bond donors (Lipinski definition) is 0. The molecular formula is C28H32ClNO3. The van der Waals surface area contributed by atoms with Gasteiger partial charge in [-0.1, -0.05) is 57.5 Å². The predicted molar refractivity (Wildman–Crippen MR) is 133 cm³/mol. The molecule has 0 radical (unpaired) electrons. The van der Waals surface area contributed by atoms with Crippen LogP contribution < -0.4 is 0 Å². The van der Waals surface area contributed by atoms with E-state index >= 15 is 0 Å². The van der Waals surface area contributed by atoms with Gasteiger partial charge in [0.15, 0.2) is 5.78 Å². The van der Waals surface area contributed by atoms with E-state index in [1.165, 1.54) is 5.56 Å². The van der Waals surface area contributed by atoms with Crippen molar-refractivity contribution in [3.63, 3.8) is 0 Å². The number of rotatable bonds is 8. The van der Waals surface area contributed by atoms with Gasteiger partial charge in [0.05, 0.1) is 19.1 Å². The van der Waals surface area contributed by atoms with E-state index in [0.29, 0.717) is 37.1 Å². The minimum absolute atomic E-state index is 0.110. The number of fused-ring (bicyclic) bond motifs is 1. The minimum Gasteiger partial charge on any atom is -0.380 e. The van der Waals surface area contributed by atoms with Crippen LogP contribution in [0.3, 0.4) is 0 Å². The summed E-state index contributed by atoms with van der Waals surface area (Å²) >= 11 is 6.11. The summed E-state index contributed by atoms with van der Waals surface area (Å²) in [5.74, 6) is 0.456. The Labute approximate surface area is 200 Å². The maximum Gasteiger partial charge on any atom is 0.173 e. The lowest BCUT2D eigenvalue weighted by Gasteiger charge is -2.27. The summed E-state index contributed by atoms with van der Waals surface area (Å²) in [5.41, 5.74) is 4.41. The summed E-state index contributed by atoms with van der Waals surface area (Å²) in [6.07, 6.45) is 0.496. The van der Waals surface area contributed by atoms with Gasteiger partial charge in [-0.2, -0.15) is 0 Å². The largest absolute Gasteiger partial charge is 0.380 e. The number of carbonyl (C=O) groups excluding carboxylic acids is 2. The van der Waals surface area contributed by atoms with Crippen LogP contribution in [-0.4, -0.2) is 29.3 Å². The molecule has 3 aromatic rings. The SMILES string of the molecule is CC(=O)C(C)(C)Cc1c(C(=O)C2COC2)c2cc(C(C)C)ccc2n1Cc1ccc(Cl)cc1. The van der Waals surface area contributed by atoms with E-state index in [0.717, 1.165) is 27.7 Å². The van der Waals surface area contributed by atoms with Crippen LogP contribution >= 0.6 is 11.6 Å². The van der Waals surface area contributed by atoms with Crippen molar-refractivity contribution in [3.8, 4) is 0 Å². The van der Waals surface area contributed by atoms with Crippen molar-refractivity contribution >= 4 is 34.1 Å². The quantitative estimate of drug-likeness (QED) is 0.359. The first-order valence-corrected chi connectivity index (χ1v) is 12.0. The molecule has 0 aliphatic carbocycles. The zero-order valence-electron chi connectivity index (χ0n) is 20.1. The van der Waals surface area contributed by atoms with Gasteiger partial charge in [-0.15, -0.1) is 0 Å². The lowest BCUT2D eigenvalue weighted by atomic mass is 9.81. The van der Waals surface area contributed by atoms with Crippen LogP contribution in [-0.2, 0) is 22.5 Å². The Morgan fingerprint density at radius 3 is 2.33 bits per heavy atom. The highest BCUT2D eigenvalue weighted by molar-refractivity contribution is 6.30. The Bertz CT molecular complexity index is 1200. The highest BCUT2D eigenvalue weighted by Gasteiger charge is 2.35. The summed E-state index contributed by atoms with van der Waals surface area (Å²) in [5, 5.41) is 1.66. The second kappa shape index (κ2) is 9.08. The van der Waals surface area contributed by atoms with Gasteiger partial charge in [-0.3, -0.25) is 9.59 Å². The first-order chi connectivity index (χ1) is 15.6. The van der Waals surface area contributed by atoms with E-state index in [1.807, 2.05) is 38.1 Å². The van der Waals surface area contributed by atoms with Crippen LogP contribution in [0.1, 0.15) is 67.7 Å². The van der Waals surface area contributed by atoms with Crippen molar-refractivity contribution in [2.24, 2.45) is 11.3 Å². The van der Waals surface area contributed by atoms with Gasteiger partial charge in [-0.05, 0) is 48.2 Å². The fourth-order valence-electron chi connectivity index (χ4n) is 4.33. The summed E-state index contributed by atoms with van der Waals surface area (Å²) in [6, 6.07) is 14.2. The standard InChI is InChI=1S/C28H32ClNO3/c1-17(2)20-8-11-24-23(12-20)26(27(32)21-15-33-16-21)25(13-28(4,5)18(3)31)30(24)14-19-6-9-22(29)10-7-19/h6-12,17,21H,13-16H2,1-5H3. The molecule has 0 saturated carbocycles. The molecule has 0 bridgehead atoms. The van der Waals surface area contributed by atoms with Crippen molar-refractivity contribution in [1.82, 2.24) is 4.57 Å². The molecular weight excluding hydrogens is 434 g/mol. The zero-order valence-corrected chi connectivity index (χ0v) is 20.8. The van der Waals surface area contributed by atoms with E-state index < -0.39 is 5.41 Å². The van der Waals surface area contributed by atoms with Crippen LogP contribution in [0.15, 0.2) is 42.5 Å². The van der Waals surface area contributed by atoms with Gasteiger partial charge in [0.2, 0.25) is 0 Å². The highest BCUT2D eigenvalue weighted by atomic mass is 35.5. The Balaban J connectivity index is 1.97. The van der Waals surface area contributed by atoms with Crippen LogP contribution in [0.2, 0.25) is 5.02 Å². The molecule has 1 aliphatic rings. The van der Waals surface area contributed by atoms with Crippen LogP contribution in [0, 0.1) is 11.3 Å². The van der Waals surface area contributed by atoms with E-state index in [1.54, 1.807) is 6.92 Å².